The summed E-state index contributed by atoms with van der Waals surface area (Å²) in [5.74, 6) is 1.82. The van der Waals surface area contributed by atoms with Crippen LogP contribution in [0.25, 0.3) is 11.4 Å². The molecule has 0 spiro atoms. The molecule has 2 rings (SSSR count). The van der Waals surface area contributed by atoms with Crippen molar-refractivity contribution in [2.75, 3.05) is 13.2 Å². The highest BCUT2D eigenvalue weighted by Crippen LogP contribution is 2.20. The molecule has 1 amide bonds. The van der Waals surface area contributed by atoms with Gasteiger partial charge < -0.3 is 14.6 Å². The second kappa shape index (κ2) is 8.92. The fourth-order valence-electron chi connectivity index (χ4n) is 2.05. The maximum absolute atomic E-state index is 11.7. The van der Waals surface area contributed by atoms with Crippen LogP contribution in [-0.2, 0) is 11.2 Å². The Morgan fingerprint density at radius 3 is 2.74 bits per heavy atom. The Morgan fingerprint density at radius 1 is 1.26 bits per heavy atom. The molecule has 0 bridgehead atoms. The summed E-state index contributed by atoms with van der Waals surface area (Å²) in [5, 5.41) is 6.82. The molecule has 0 atom stereocenters. The fraction of sp³-hybridized carbons (Fsp3) is 0.471. The Balaban J connectivity index is 1.86. The number of aromatic nitrogens is 2. The molecule has 6 nitrogen and oxygen atoms in total. The highest BCUT2D eigenvalue weighted by atomic mass is 16.5. The monoisotopic (exact) mass is 317 g/mol. The summed E-state index contributed by atoms with van der Waals surface area (Å²) in [6.07, 6.45) is 2.86. The van der Waals surface area contributed by atoms with Gasteiger partial charge in [0.1, 0.15) is 5.75 Å². The molecule has 0 radical (unpaired) electrons. The van der Waals surface area contributed by atoms with Crippen molar-refractivity contribution in [1.29, 1.82) is 0 Å². The predicted molar refractivity (Wildman–Crippen MR) is 87.1 cm³/mol. The van der Waals surface area contributed by atoms with Crippen LogP contribution in [0.3, 0.4) is 0 Å². The van der Waals surface area contributed by atoms with Crippen LogP contribution >= 0.6 is 0 Å². The summed E-state index contributed by atoms with van der Waals surface area (Å²) in [6, 6.07) is 7.51. The summed E-state index contributed by atoms with van der Waals surface area (Å²) in [5.41, 5.74) is 0.857. The molecule has 6 heteroatoms. The second-order valence-corrected chi connectivity index (χ2v) is 5.17. The highest BCUT2D eigenvalue weighted by Gasteiger charge is 2.10. The van der Waals surface area contributed by atoms with E-state index in [1.54, 1.807) is 0 Å². The lowest BCUT2D eigenvalue weighted by Gasteiger charge is -2.02. The highest BCUT2D eigenvalue weighted by molar-refractivity contribution is 5.75. The van der Waals surface area contributed by atoms with E-state index in [-0.39, 0.29) is 5.91 Å². The summed E-state index contributed by atoms with van der Waals surface area (Å²) in [6.45, 7) is 5.38. The standard InChI is InChI=1S/C17H23N3O3/c1-3-5-12-18-15(21)10-11-16-19-17(20-23-16)13-6-8-14(9-7-13)22-4-2/h6-9H,3-5,10-12H2,1-2H3,(H,18,21). The van der Waals surface area contributed by atoms with Crippen LogP contribution in [0.1, 0.15) is 39.0 Å². The number of nitrogens with one attached hydrogen (secondary N) is 1. The van der Waals surface area contributed by atoms with Gasteiger partial charge in [0.05, 0.1) is 6.61 Å². The third kappa shape index (κ3) is 5.39. The average Bonchev–Trinajstić information content (AvgIpc) is 3.03. The molecule has 124 valence electrons. The third-order valence-electron chi connectivity index (χ3n) is 3.31. The molecule has 1 aromatic carbocycles. The zero-order chi connectivity index (χ0) is 16.5. The minimum absolute atomic E-state index is 0.0132. The Hall–Kier alpha value is -2.37. The molecule has 0 aliphatic heterocycles. The van der Waals surface area contributed by atoms with E-state index in [4.69, 9.17) is 9.26 Å². The Labute approximate surface area is 136 Å². The predicted octanol–water partition coefficient (Wildman–Crippen LogP) is 2.98. The summed E-state index contributed by atoms with van der Waals surface area (Å²) in [4.78, 5) is 16.0. The number of carbonyl (C=O) groups is 1. The number of carbonyl (C=O) groups excluding carboxylic acids is 1. The summed E-state index contributed by atoms with van der Waals surface area (Å²) in [7, 11) is 0. The van der Waals surface area contributed by atoms with Crippen LogP contribution in [0.2, 0.25) is 0 Å². The lowest BCUT2D eigenvalue weighted by Crippen LogP contribution is -2.24. The minimum atomic E-state index is 0.0132. The van der Waals surface area contributed by atoms with Gasteiger partial charge in [0.25, 0.3) is 0 Å². The van der Waals surface area contributed by atoms with E-state index in [2.05, 4.69) is 22.4 Å². The van der Waals surface area contributed by atoms with Crippen LogP contribution in [-0.4, -0.2) is 29.2 Å². The number of nitrogens with zero attached hydrogens (tertiary/aromatic N) is 2. The number of benzene rings is 1. The van der Waals surface area contributed by atoms with Crippen molar-refractivity contribution in [3.05, 3.63) is 30.2 Å². The van der Waals surface area contributed by atoms with E-state index >= 15 is 0 Å². The van der Waals surface area contributed by atoms with E-state index < -0.39 is 0 Å². The van der Waals surface area contributed by atoms with Gasteiger partial charge in [-0.25, -0.2) is 0 Å². The third-order valence-corrected chi connectivity index (χ3v) is 3.31. The largest absolute Gasteiger partial charge is 0.494 e. The van der Waals surface area contributed by atoms with Gasteiger partial charge in [-0.3, -0.25) is 4.79 Å². The number of hydrogen-bond acceptors (Lipinski definition) is 5. The van der Waals surface area contributed by atoms with Crippen molar-refractivity contribution in [3.63, 3.8) is 0 Å². The number of aryl methyl sites for hydroxylation is 1. The second-order valence-electron chi connectivity index (χ2n) is 5.17. The molecule has 0 saturated carbocycles. The van der Waals surface area contributed by atoms with Gasteiger partial charge in [0.2, 0.25) is 17.6 Å². The SMILES string of the molecule is CCCCNC(=O)CCc1nc(-c2ccc(OCC)cc2)no1. The molecule has 0 aliphatic carbocycles. The molecule has 2 aromatic rings. The van der Waals surface area contributed by atoms with Crippen molar-refractivity contribution in [2.45, 2.75) is 39.5 Å². The number of unbranched alkanes of at least 4 members (excludes halogenated alkanes) is 1. The number of hydrogen-bond donors (Lipinski definition) is 1. The van der Waals surface area contributed by atoms with Crippen molar-refractivity contribution in [1.82, 2.24) is 15.5 Å². The molecule has 1 N–H and O–H groups in total. The van der Waals surface area contributed by atoms with E-state index in [1.807, 2.05) is 31.2 Å². The van der Waals surface area contributed by atoms with E-state index in [1.165, 1.54) is 0 Å². The zero-order valence-electron chi connectivity index (χ0n) is 13.7. The number of ether oxygens (including phenoxy) is 1. The Kier molecular flexibility index (Phi) is 6.59. The Morgan fingerprint density at radius 2 is 2.04 bits per heavy atom. The molecule has 0 unspecified atom stereocenters. The van der Waals surface area contributed by atoms with E-state index in [0.717, 1.165) is 30.7 Å². The van der Waals surface area contributed by atoms with Crippen LogP contribution in [0, 0.1) is 0 Å². The van der Waals surface area contributed by atoms with Crippen molar-refractivity contribution in [2.24, 2.45) is 0 Å². The van der Waals surface area contributed by atoms with Crippen LogP contribution in [0.5, 0.6) is 5.75 Å². The molecular weight excluding hydrogens is 294 g/mol. The first kappa shape index (κ1) is 17.0. The van der Waals surface area contributed by atoms with Gasteiger partial charge >= 0.3 is 0 Å². The van der Waals surface area contributed by atoms with Gasteiger partial charge in [0.15, 0.2) is 0 Å². The van der Waals surface area contributed by atoms with Crippen molar-refractivity contribution < 1.29 is 14.1 Å². The molecule has 0 fully saturated rings. The summed E-state index contributed by atoms with van der Waals surface area (Å²) >= 11 is 0. The number of amides is 1. The fourth-order valence-corrected chi connectivity index (χ4v) is 2.05. The van der Waals surface area contributed by atoms with Gasteiger partial charge in [-0.15, -0.1) is 0 Å². The molecule has 1 aromatic heterocycles. The topological polar surface area (TPSA) is 77.2 Å². The van der Waals surface area contributed by atoms with Gasteiger partial charge in [0, 0.05) is 24.9 Å². The normalized spacial score (nSPS) is 10.5. The molecular formula is C17H23N3O3. The van der Waals surface area contributed by atoms with Crippen LogP contribution < -0.4 is 10.1 Å². The van der Waals surface area contributed by atoms with E-state index in [0.29, 0.717) is 31.2 Å². The lowest BCUT2D eigenvalue weighted by atomic mass is 10.2. The maximum Gasteiger partial charge on any atom is 0.227 e. The molecule has 1 heterocycles. The quantitative estimate of drug-likeness (QED) is 0.719. The minimum Gasteiger partial charge on any atom is -0.494 e. The number of rotatable bonds is 9. The van der Waals surface area contributed by atoms with Gasteiger partial charge in [-0.1, -0.05) is 18.5 Å². The van der Waals surface area contributed by atoms with E-state index in [9.17, 15) is 4.79 Å². The van der Waals surface area contributed by atoms with Gasteiger partial charge in [-0.05, 0) is 37.6 Å². The molecule has 23 heavy (non-hydrogen) atoms. The van der Waals surface area contributed by atoms with Crippen LogP contribution in [0.4, 0.5) is 0 Å². The zero-order valence-corrected chi connectivity index (χ0v) is 13.7. The average molecular weight is 317 g/mol. The van der Waals surface area contributed by atoms with Crippen molar-refractivity contribution >= 4 is 5.91 Å². The first-order valence-corrected chi connectivity index (χ1v) is 8.05. The maximum atomic E-state index is 11.7. The smallest absolute Gasteiger partial charge is 0.227 e. The summed E-state index contributed by atoms with van der Waals surface area (Å²) < 4.78 is 10.6. The molecule has 0 saturated heterocycles. The first-order chi connectivity index (χ1) is 11.2. The first-order valence-electron chi connectivity index (χ1n) is 8.05. The van der Waals surface area contributed by atoms with Crippen LogP contribution in [0.15, 0.2) is 28.8 Å². The van der Waals surface area contributed by atoms with Gasteiger partial charge in [-0.2, -0.15) is 4.98 Å². The molecule has 0 aliphatic rings. The Bertz CT molecular complexity index is 608. The lowest BCUT2D eigenvalue weighted by molar-refractivity contribution is -0.121. The van der Waals surface area contributed by atoms with Crippen molar-refractivity contribution in [3.8, 4) is 17.1 Å².